The standard InChI is InChI=1S/C30H35N3O3/c1-3-4-5-23-6-10-25(11-7-23)30(35)31-26-12-14-27(15-13-26)32-18-20-33(21-19-32)29(34)22-24-8-16-28(36-2)17-9-24/h6-17H,3-5,18-22H2,1-2H3,(H,31,35). The minimum atomic E-state index is -0.103. The molecule has 0 bridgehead atoms. The molecule has 1 saturated heterocycles. The Morgan fingerprint density at radius 2 is 1.47 bits per heavy atom. The summed E-state index contributed by atoms with van der Waals surface area (Å²) < 4.78 is 5.18. The molecule has 0 saturated carbocycles. The number of piperazine rings is 1. The van der Waals surface area contributed by atoms with Gasteiger partial charge in [-0.15, -0.1) is 0 Å². The van der Waals surface area contributed by atoms with Crippen LogP contribution in [0.2, 0.25) is 0 Å². The van der Waals surface area contributed by atoms with Crippen LogP contribution in [0.15, 0.2) is 72.8 Å². The summed E-state index contributed by atoms with van der Waals surface area (Å²) in [5, 5.41) is 2.99. The summed E-state index contributed by atoms with van der Waals surface area (Å²) in [6, 6.07) is 23.4. The first-order valence-corrected chi connectivity index (χ1v) is 12.7. The minimum Gasteiger partial charge on any atom is -0.497 e. The van der Waals surface area contributed by atoms with Crippen LogP contribution in [-0.4, -0.2) is 50.0 Å². The van der Waals surface area contributed by atoms with Crippen molar-refractivity contribution in [1.82, 2.24) is 4.90 Å². The number of carbonyl (C=O) groups is 2. The number of methoxy groups -OCH3 is 1. The first kappa shape index (κ1) is 25.3. The third-order valence-corrected chi connectivity index (χ3v) is 6.67. The smallest absolute Gasteiger partial charge is 0.255 e. The number of rotatable bonds is 9. The van der Waals surface area contributed by atoms with Gasteiger partial charge in [-0.1, -0.05) is 37.6 Å². The molecule has 0 radical (unpaired) electrons. The van der Waals surface area contributed by atoms with E-state index in [0.29, 0.717) is 25.1 Å². The number of hydrogen-bond donors (Lipinski definition) is 1. The predicted octanol–water partition coefficient (Wildman–Crippen LogP) is 5.18. The molecule has 1 fully saturated rings. The molecule has 0 spiro atoms. The van der Waals surface area contributed by atoms with E-state index < -0.39 is 0 Å². The molecule has 1 heterocycles. The topological polar surface area (TPSA) is 61.9 Å². The van der Waals surface area contributed by atoms with E-state index in [-0.39, 0.29) is 11.8 Å². The number of carbonyl (C=O) groups excluding carboxylic acids is 2. The van der Waals surface area contributed by atoms with Crippen molar-refractivity contribution in [2.24, 2.45) is 0 Å². The van der Waals surface area contributed by atoms with Crippen molar-refractivity contribution in [1.29, 1.82) is 0 Å². The highest BCUT2D eigenvalue weighted by Gasteiger charge is 2.21. The Bertz CT molecular complexity index is 1130. The van der Waals surface area contributed by atoms with Gasteiger partial charge in [-0.3, -0.25) is 9.59 Å². The summed E-state index contributed by atoms with van der Waals surface area (Å²) in [5.41, 5.74) is 4.78. The SMILES string of the molecule is CCCCc1ccc(C(=O)Nc2ccc(N3CCN(C(=O)Cc4ccc(OC)cc4)CC3)cc2)cc1. The second-order valence-electron chi connectivity index (χ2n) is 9.19. The molecule has 0 atom stereocenters. The number of ether oxygens (including phenoxy) is 1. The van der Waals surface area contributed by atoms with Crippen LogP contribution in [0.1, 0.15) is 41.3 Å². The molecule has 2 amide bonds. The lowest BCUT2D eigenvalue weighted by atomic mass is 10.1. The van der Waals surface area contributed by atoms with E-state index >= 15 is 0 Å². The Balaban J connectivity index is 1.25. The van der Waals surface area contributed by atoms with E-state index in [2.05, 4.69) is 17.1 Å². The van der Waals surface area contributed by atoms with E-state index in [0.717, 1.165) is 55.0 Å². The zero-order chi connectivity index (χ0) is 25.3. The summed E-state index contributed by atoms with van der Waals surface area (Å²) in [5.74, 6) is 0.840. The first-order chi connectivity index (χ1) is 17.6. The Morgan fingerprint density at radius 3 is 2.08 bits per heavy atom. The van der Waals surface area contributed by atoms with Crippen molar-refractivity contribution in [3.63, 3.8) is 0 Å². The molecule has 3 aromatic carbocycles. The zero-order valence-corrected chi connectivity index (χ0v) is 21.2. The molecule has 0 unspecified atom stereocenters. The highest BCUT2D eigenvalue weighted by Crippen LogP contribution is 2.21. The van der Waals surface area contributed by atoms with Gasteiger partial charge in [0.25, 0.3) is 5.91 Å². The van der Waals surface area contributed by atoms with Crippen LogP contribution in [0.25, 0.3) is 0 Å². The van der Waals surface area contributed by atoms with Crippen molar-refractivity contribution in [2.75, 3.05) is 43.5 Å². The number of anilines is 2. The quantitative estimate of drug-likeness (QED) is 0.454. The molecule has 0 aromatic heterocycles. The number of unbranched alkanes of at least 4 members (excludes halogenated alkanes) is 1. The summed E-state index contributed by atoms with van der Waals surface area (Å²) in [4.78, 5) is 29.6. The van der Waals surface area contributed by atoms with Gasteiger partial charge in [-0.05, 0) is 72.5 Å². The molecule has 1 aliphatic heterocycles. The van der Waals surface area contributed by atoms with E-state index in [1.807, 2.05) is 77.7 Å². The first-order valence-electron chi connectivity index (χ1n) is 12.7. The van der Waals surface area contributed by atoms with E-state index in [9.17, 15) is 9.59 Å². The van der Waals surface area contributed by atoms with Gasteiger partial charge in [0.2, 0.25) is 5.91 Å². The van der Waals surface area contributed by atoms with Crippen LogP contribution in [0.4, 0.5) is 11.4 Å². The van der Waals surface area contributed by atoms with Crippen LogP contribution in [0, 0.1) is 0 Å². The zero-order valence-electron chi connectivity index (χ0n) is 21.2. The van der Waals surface area contributed by atoms with E-state index in [1.165, 1.54) is 5.56 Å². The second-order valence-corrected chi connectivity index (χ2v) is 9.19. The van der Waals surface area contributed by atoms with Crippen molar-refractivity contribution >= 4 is 23.2 Å². The highest BCUT2D eigenvalue weighted by molar-refractivity contribution is 6.04. The molecule has 0 aliphatic carbocycles. The van der Waals surface area contributed by atoms with Crippen LogP contribution in [0.5, 0.6) is 5.75 Å². The monoisotopic (exact) mass is 485 g/mol. The largest absolute Gasteiger partial charge is 0.497 e. The number of hydrogen-bond acceptors (Lipinski definition) is 4. The summed E-state index contributed by atoms with van der Waals surface area (Å²) in [6.07, 6.45) is 3.77. The number of nitrogens with one attached hydrogen (secondary N) is 1. The van der Waals surface area contributed by atoms with Crippen molar-refractivity contribution in [3.05, 3.63) is 89.5 Å². The van der Waals surface area contributed by atoms with Crippen LogP contribution in [0.3, 0.4) is 0 Å². The number of benzene rings is 3. The third-order valence-electron chi connectivity index (χ3n) is 6.67. The summed E-state index contributed by atoms with van der Waals surface area (Å²) in [7, 11) is 1.64. The molecule has 1 aliphatic rings. The Morgan fingerprint density at radius 1 is 0.833 bits per heavy atom. The average molecular weight is 486 g/mol. The van der Waals surface area contributed by atoms with Crippen LogP contribution in [-0.2, 0) is 17.6 Å². The van der Waals surface area contributed by atoms with E-state index in [1.54, 1.807) is 7.11 Å². The number of nitrogens with zero attached hydrogens (tertiary/aromatic N) is 2. The van der Waals surface area contributed by atoms with E-state index in [4.69, 9.17) is 4.74 Å². The lowest BCUT2D eigenvalue weighted by Crippen LogP contribution is -2.49. The molecule has 6 nitrogen and oxygen atoms in total. The van der Waals surface area contributed by atoms with Crippen LogP contribution >= 0.6 is 0 Å². The van der Waals surface area contributed by atoms with Gasteiger partial charge < -0.3 is 19.9 Å². The average Bonchev–Trinajstić information content (AvgIpc) is 2.93. The molecule has 188 valence electrons. The lowest BCUT2D eigenvalue weighted by Gasteiger charge is -2.36. The van der Waals surface area contributed by atoms with Gasteiger partial charge in [-0.2, -0.15) is 0 Å². The molecular formula is C30H35N3O3. The Hall–Kier alpha value is -3.80. The van der Waals surface area contributed by atoms with Crippen molar-refractivity contribution in [3.8, 4) is 5.75 Å². The van der Waals surface area contributed by atoms with Crippen LogP contribution < -0.4 is 15.0 Å². The maximum absolute atomic E-state index is 12.7. The second kappa shape index (κ2) is 12.2. The van der Waals surface area contributed by atoms with Gasteiger partial charge >= 0.3 is 0 Å². The molecule has 3 aromatic rings. The fourth-order valence-electron chi connectivity index (χ4n) is 4.41. The maximum atomic E-state index is 12.7. The van der Waals surface area contributed by atoms with Crippen molar-refractivity contribution < 1.29 is 14.3 Å². The van der Waals surface area contributed by atoms with Gasteiger partial charge in [0, 0.05) is 43.1 Å². The van der Waals surface area contributed by atoms with Gasteiger partial charge in [0.05, 0.1) is 13.5 Å². The molecule has 4 rings (SSSR count). The van der Waals surface area contributed by atoms with Gasteiger partial charge in [0.1, 0.15) is 5.75 Å². The normalized spacial score (nSPS) is 13.4. The maximum Gasteiger partial charge on any atom is 0.255 e. The lowest BCUT2D eigenvalue weighted by molar-refractivity contribution is -0.130. The van der Waals surface area contributed by atoms with Gasteiger partial charge in [0.15, 0.2) is 0 Å². The predicted molar refractivity (Wildman–Crippen MR) is 145 cm³/mol. The summed E-state index contributed by atoms with van der Waals surface area (Å²) >= 11 is 0. The molecule has 6 heteroatoms. The summed E-state index contributed by atoms with van der Waals surface area (Å²) in [6.45, 7) is 5.14. The fraction of sp³-hybridized carbons (Fsp3) is 0.333. The number of amides is 2. The van der Waals surface area contributed by atoms with Gasteiger partial charge in [-0.25, -0.2) is 0 Å². The third kappa shape index (κ3) is 6.66. The highest BCUT2D eigenvalue weighted by atomic mass is 16.5. The Labute approximate surface area is 213 Å². The fourth-order valence-corrected chi connectivity index (χ4v) is 4.41. The van der Waals surface area contributed by atoms with Crippen molar-refractivity contribution in [2.45, 2.75) is 32.6 Å². The Kier molecular flexibility index (Phi) is 8.61. The molecule has 1 N–H and O–H groups in total. The molecule has 36 heavy (non-hydrogen) atoms. The molecular weight excluding hydrogens is 450 g/mol. The minimum absolute atomic E-state index is 0.103. The number of aryl methyl sites for hydroxylation is 1.